The molecule has 4 nitrogen and oxygen atoms in total. The molecule has 0 heterocycles. The molecule has 0 atom stereocenters. The van der Waals surface area contributed by atoms with Gasteiger partial charge in [0.15, 0.2) is 0 Å². The van der Waals surface area contributed by atoms with Crippen molar-refractivity contribution in [3.63, 3.8) is 0 Å². The average Bonchev–Trinajstić information content (AvgIpc) is 2.47. The van der Waals surface area contributed by atoms with E-state index in [9.17, 15) is 9.90 Å². The van der Waals surface area contributed by atoms with E-state index in [2.05, 4.69) is 0 Å². The minimum absolute atomic E-state index is 0.0701. The Labute approximate surface area is 124 Å². The molecule has 0 saturated carbocycles. The first-order valence-corrected chi connectivity index (χ1v) is 6.85. The van der Waals surface area contributed by atoms with Gasteiger partial charge in [0.25, 0.3) is 5.91 Å². The van der Waals surface area contributed by atoms with Gasteiger partial charge in [0.05, 0.1) is 0 Å². The normalized spacial score (nSPS) is 10.4. The summed E-state index contributed by atoms with van der Waals surface area (Å²) >= 11 is 0. The fourth-order valence-corrected chi connectivity index (χ4v) is 2.33. The van der Waals surface area contributed by atoms with Crippen molar-refractivity contribution in [3.8, 4) is 5.75 Å². The van der Waals surface area contributed by atoms with Gasteiger partial charge in [-0.25, -0.2) is 0 Å². The molecule has 2 aromatic rings. The quantitative estimate of drug-likeness (QED) is 0.906. The maximum atomic E-state index is 12.5. The number of nitrogens with zero attached hydrogens (tertiary/aromatic N) is 1. The Morgan fingerprint density at radius 3 is 2.48 bits per heavy atom. The molecule has 110 valence electrons. The smallest absolute Gasteiger partial charge is 0.254 e. The van der Waals surface area contributed by atoms with Crippen LogP contribution >= 0.6 is 0 Å². The van der Waals surface area contributed by atoms with E-state index in [0.717, 1.165) is 16.7 Å². The lowest BCUT2D eigenvalue weighted by Gasteiger charge is -2.20. The molecular weight excluding hydrogens is 264 g/mol. The van der Waals surface area contributed by atoms with E-state index in [-0.39, 0.29) is 11.7 Å². The monoisotopic (exact) mass is 284 g/mol. The van der Waals surface area contributed by atoms with Gasteiger partial charge in [-0.15, -0.1) is 0 Å². The van der Waals surface area contributed by atoms with Crippen LogP contribution in [0.2, 0.25) is 0 Å². The molecule has 0 saturated heterocycles. The summed E-state index contributed by atoms with van der Waals surface area (Å²) in [5, 5.41) is 9.42. The predicted molar refractivity (Wildman–Crippen MR) is 83.0 cm³/mol. The molecule has 2 rings (SSSR count). The second-order valence-corrected chi connectivity index (χ2v) is 5.13. The third-order valence-corrected chi connectivity index (χ3v) is 3.53. The van der Waals surface area contributed by atoms with Gasteiger partial charge in [-0.3, -0.25) is 4.79 Å². The summed E-state index contributed by atoms with van der Waals surface area (Å²) in [4.78, 5) is 14.2. The van der Waals surface area contributed by atoms with Crippen molar-refractivity contribution >= 4 is 5.91 Å². The number of hydrogen-bond acceptors (Lipinski definition) is 3. The maximum Gasteiger partial charge on any atom is 0.254 e. The lowest BCUT2D eigenvalue weighted by molar-refractivity contribution is 0.0784. The molecule has 0 radical (unpaired) electrons. The van der Waals surface area contributed by atoms with E-state index in [4.69, 9.17) is 5.73 Å². The van der Waals surface area contributed by atoms with Crippen molar-refractivity contribution in [2.24, 2.45) is 5.73 Å². The van der Waals surface area contributed by atoms with Crippen LogP contribution in [0.15, 0.2) is 42.5 Å². The highest BCUT2D eigenvalue weighted by Gasteiger charge is 2.15. The number of nitrogens with two attached hydrogens (primary N) is 1. The van der Waals surface area contributed by atoms with Crippen LogP contribution in [0.3, 0.4) is 0 Å². The van der Waals surface area contributed by atoms with Gasteiger partial charge in [0.2, 0.25) is 0 Å². The van der Waals surface area contributed by atoms with E-state index in [0.29, 0.717) is 18.7 Å². The van der Waals surface area contributed by atoms with Crippen LogP contribution < -0.4 is 5.73 Å². The highest BCUT2D eigenvalue weighted by atomic mass is 16.3. The Kier molecular flexibility index (Phi) is 4.60. The minimum Gasteiger partial charge on any atom is -0.508 e. The van der Waals surface area contributed by atoms with Crippen LogP contribution in [-0.2, 0) is 13.1 Å². The number of carbonyl (C=O) groups excluding carboxylic acids is 1. The number of carbonyl (C=O) groups is 1. The lowest BCUT2D eigenvalue weighted by Crippen LogP contribution is -2.27. The van der Waals surface area contributed by atoms with E-state index < -0.39 is 0 Å². The standard InChI is InChI=1S/C17H20N2O2/c1-12-9-15(20)7-8-16(12)17(21)19(2)11-14-6-4-3-5-13(14)10-18/h3-9,20H,10-11,18H2,1-2H3. The summed E-state index contributed by atoms with van der Waals surface area (Å²) in [5.41, 5.74) is 9.17. The van der Waals surface area contributed by atoms with Crippen LogP contribution in [0.25, 0.3) is 0 Å². The number of aryl methyl sites for hydroxylation is 1. The first kappa shape index (κ1) is 15.1. The number of hydrogen-bond donors (Lipinski definition) is 2. The molecule has 0 bridgehead atoms. The molecule has 4 heteroatoms. The topological polar surface area (TPSA) is 66.6 Å². The molecule has 0 fully saturated rings. The molecule has 0 aliphatic rings. The Morgan fingerprint density at radius 2 is 1.86 bits per heavy atom. The molecule has 0 aliphatic heterocycles. The van der Waals surface area contributed by atoms with Crippen LogP contribution in [0.5, 0.6) is 5.75 Å². The summed E-state index contributed by atoms with van der Waals surface area (Å²) in [5.74, 6) is 0.0968. The Bertz CT molecular complexity index is 653. The maximum absolute atomic E-state index is 12.5. The van der Waals surface area contributed by atoms with Crippen LogP contribution in [0.4, 0.5) is 0 Å². The summed E-state index contributed by atoms with van der Waals surface area (Å²) < 4.78 is 0. The second kappa shape index (κ2) is 6.41. The number of rotatable bonds is 4. The average molecular weight is 284 g/mol. The zero-order valence-corrected chi connectivity index (χ0v) is 12.3. The van der Waals surface area contributed by atoms with Gasteiger partial charge in [0.1, 0.15) is 5.75 Å². The summed E-state index contributed by atoms with van der Waals surface area (Å²) in [6, 6.07) is 12.6. The second-order valence-electron chi connectivity index (χ2n) is 5.13. The van der Waals surface area contributed by atoms with Crippen molar-refractivity contribution in [3.05, 3.63) is 64.7 Å². The van der Waals surface area contributed by atoms with Gasteiger partial charge in [-0.05, 0) is 41.8 Å². The molecule has 0 aliphatic carbocycles. The summed E-state index contributed by atoms with van der Waals surface area (Å²) in [6.45, 7) is 2.78. The van der Waals surface area contributed by atoms with Gasteiger partial charge in [-0.1, -0.05) is 24.3 Å². The molecular formula is C17H20N2O2. The Balaban J connectivity index is 2.19. The summed E-state index contributed by atoms with van der Waals surface area (Å²) in [6.07, 6.45) is 0. The fraction of sp³-hybridized carbons (Fsp3) is 0.235. The van der Waals surface area contributed by atoms with Gasteiger partial charge in [0, 0.05) is 25.7 Å². The highest BCUT2D eigenvalue weighted by Crippen LogP contribution is 2.18. The number of amides is 1. The Hall–Kier alpha value is -2.33. The molecule has 3 N–H and O–H groups in total. The minimum atomic E-state index is -0.0701. The van der Waals surface area contributed by atoms with E-state index in [1.54, 1.807) is 24.1 Å². The predicted octanol–water partition coefficient (Wildman–Crippen LogP) is 2.43. The van der Waals surface area contributed by atoms with Crippen molar-refractivity contribution in [2.75, 3.05) is 7.05 Å². The first-order valence-electron chi connectivity index (χ1n) is 6.85. The van der Waals surface area contributed by atoms with Crippen molar-refractivity contribution in [1.29, 1.82) is 0 Å². The number of phenolic OH excluding ortho intramolecular Hbond substituents is 1. The SMILES string of the molecule is Cc1cc(O)ccc1C(=O)N(C)Cc1ccccc1CN. The zero-order chi connectivity index (χ0) is 15.4. The van der Waals surface area contributed by atoms with Crippen molar-refractivity contribution in [2.45, 2.75) is 20.0 Å². The number of phenols is 1. The van der Waals surface area contributed by atoms with E-state index in [1.807, 2.05) is 31.2 Å². The van der Waals surface area contributed by atoms with E-state index in [1.165, 1.54) is 6.07 Å². The highest BCUT2D eigenvalue weighted by molar-refractivity contribution is 5.95. The molecule has 0 aromatic heterocycles. The van der Waals surface area contributed by atoms with Gasteiger partial charge >= 0.3 is 0 Å². The third kappa shape index (κ3) is 3.41. The van der Waals surface area contributed by atoms with Gasteiger partial charge < -0.3 is 15.7 Å². The fourth-order valence-electron chi connectivity index (χ4n) is 2.33. The molecule has 1 amide bonds. The van der Waals surface area contributed by atoms with Crippen LogP contribution in [-0.4, -0.2) is 23.0 Å². The van der Waals surface area contributed by atoms with Gasteiger partial charge in [-0.2, -0.15) is 0 Å². The molecule has 0 spiro atoms. The Morgan fingerprint density at radius 1 is 1.19 bits per heavy atom. The lowest BCUT2D eigenvalue weighted by atomic mass is 10.1. The zero-order valence-electron chi connectivity index (χ0n) is 12.3. The first-order chi connectivity index (χ1) is 10.0. The van der Waals surface area contributed by atoms with Crippen molar-refractivity contribution in [1.82, 2.24) is 4.90 Å². The summed E-state index contributed by atoms with van der Waals surface area (Å²) in [7, 11) is 1.77. The largest absolute Gasteiger partial charge is 0.508 e. The van der Waals surface area contributed by atoms with E-state index >= 15 is 0 Å². The molecule has 21 heavy (non-hydrogen) atoms. The number of benzene rings is 2. The molecule has 0 unspecified atom stereocenters. The van der Waals surface area contributed by atoms with Crippen LogP contribution in [0, 0.1) is 6.92 Å². The number of aromatic hydroxyl groups is 1. The third-order valence-electron chi connectivity index (χ3n) is 3.53. The van der Waals surface area contributed by atoms with Crippen molar-refractivity contribution < 1.29 is 9.90 Å². The molecule has 2 aromatic carbocycles. The van der Waals surface area contributed by atoms with Crippen LogP contribution in [0.1, 0.15) is 27.0 Å².